The Morgan fingerprint density at radius 2 is 1.66 bits per heavy atom. The topological polar surface area (TPSA) is 43.0 Å². The molecular weight excluding hydrogens is 384 g/mol. The highest BCUT2D eigenvalue weighted by Crippen LogP contribution is 2.40. The molecule has 6 heteroatoms. The highest BCUT2D eigenvalue weighted by Gasteiger charge is 2.27. The lowest BCUT2D eigenvalue weighted by Gasteiger charge is -2.32. The molecule has 0 atom stereocenters. The lowest BCUT2D eigenvalue weighted by Crippen LogP contribution is -2.44. The molecule has 0 spiro atoms. The first-order valence-electron chi connectivity index (χ1n) is 10.0. The zero-order chi connectivity index (χ0) is 20.6. The summed E-state index contributed by atoms with van der Waals surface area (Å²) >= 11 is 5.82. The maximum absolute atomic E-state index is 5.82. The number of hydrogen-bond acceptors (Lipinski definition) is 4. The number of hydrogen-bond donors (Lipinski definition) is 1. The van der Waals surface area contributed by atoms with E-state index in [0.29, 0.717) is 36.4 Å². The summed E-state index contributed by atoms with van der Waals surface area (Å²) in [5, 5.41) is 4.22. The van der Waals surface area contributed by atoms with Gasteiger partial charge in [0.2, 0.25) is 5.75 Å². The van der Waals surface area contributed by atoms with Gasteiger partial charge in [-0.2, -0.15) is 0 Å². The van der Waals surface area contributed by atoms with Gasteiger partial charge in [0.05, 0.1) is 21.3 Å². The van der Waals surface area contributed by atoms with Gasteiger partial charge in [-0.15, -0.1) is 0 Å². The van der Waals surface area contributed by atoms with E-state index in [9.17, 15) is 0 Å². The van der Waals surface area contributed by atoms with Gasteiger partial charge in [0.25, 0.3) is 0 Å². The molecule has 0 aromatic heterocycles. The fraction of sp³-hybridized carbons (Fsp3) is 0.435. The Balaban J connectivity index is 1.81. The lowest BCUT2D eigenvalue weighted by molar-refractivity contribution is 0.289. The number of rotatable bonds is 8. The second-order valence-electron chi connectivity index (χ2n) is 7.20. The predicted molar refractivity (Wildman–Crippen MR) is 120 cm³/mol. The summed E-state index contributed by atoms with van der Waals surface area (Å²) in [5.41, 5.74) is 2.24. The van der Waals surface area contributed by atoms with Crippen molar-refractivity contribution >= 4 is 17.3 Å². The Labute approximate surface area is 179 Å². The maximum atomic E-state index is 5.82. The van der Waals surface area contributed by atoms with Crippen LogP contribution in [0.3, 0.4) is 0 Å². The molecule has 1 saturated carbocycles. The van der Waals surface area contributed by atoms with Gasteiger partial charge >= 0.3 is 0 Å². The van der Waals surface area contributed by atoms with E-state index in [1.807, 2.05) is 30.3 Å². The van der Waals surface area contributed by atoms with E-state index in [1.165, 1.54) is 18.4 Å². The van der Waals surface area contributed by atoms with E-state index in [1.54, 1.807) is 21.3 Å². The van der Waals surface area contributed by atoms with Crippen molar-refractivity contribution in [3.63, 3.8) is 0 Å². The summed E-state index contributed by atoms with van der Waals surface area (Å²) in [6.07, 6.45) is 4.79. The van der Waals surface area contributed by atoms with Gasteiger partial charge in [-0.3, -0.25) is 0 Å². The molecule has 2 aromatic rings. The lowest BCUT2D eigenvalue weighted by atomic mass is 10.1. The molecule has 0 amide bonds. The third kappa shape index (κ3) is 5.12. The first kappa shape index (κ1) is 21.2. The van der Waals surface area contributed by atoms with Crippen molar-refractivity contribution in [2.24, 2.45) is 0 Å². The van der Waals surface area contributed by atoms with Crippen molar-refractivity contribution in [3.05, 3.63) is 53.6 Å². The molecular formula is C23H30N2O3S. The molecule has 1 aliphatic rings. The average molecular weight is 415 g/mol. The number of ether oxygens (including phenoxy) is 3. The second-order valence-corrected chi connectivity index (χ2v) is 7.59. The quantitative estimate of drug-likeness (QED) is 0.640. The molecule has 2 aromatic carbocycles. The molecule has 3 rings (SSSR count). The van der Waals surface area contributed by atoms with Crippen LogP contribution in [0.2, 0.25) is 0 Å². The molecule has 0 heterocycles. The molecule has 0 radical (unpaired) electrons. The van der Waals surface area contributed by atoms with E-state index < -0.39 is 0 Å². The Hall–Kier alpha value is -2.47. The highest BCUT2D eigenvalue weighted by atomic mass is 32.1. The van der Waals surface area contributed by atoms with E-state index in [-0.39, 0.29) is 0 Å². The molecule has 0 bridgehead atoms. The van der Waals surface area contributed by atoms with Gasteiger partial charge in [-0.05, 0) is 42.8 Å². The SMILES string of the molecule is COc1ccc(CN(C(=S)NCc2ccccc2)C2CCCC2)c(OC)c1OC. The summed E-state index contributed by atoms with van der Waals surface area (Å²) in [4.78, 5) is 2.30. The van der Waals surface area contributed by atoms with Crippen molar-refractivity contribution in [1.29, 1.82) is 0 Å². The van der Waals surface area contributed by atoms with Crippen LogP contribution in [0, 0.1) is 0 Å². The fourth-order valence-corrected chi connectivity index (χ4v) is 4.21. The maximum Gasteiger partial charge on any atom is 0.203 e. The van der Waals surface area contributed by atoms with Gasteiger partial charge in [-0.1, -0.05) is 43.2 Å². The number of thiocarbonyl (C=S) groups is 1. The fourth-order valence-electron chi connectivity index (χ4n) is 3.93. The van der Waals surface area contributed by atoms with Crippen molar-refractivity contribution in [3.8, 4) is 17.2 Å². The van der Waals surface area contributed by atoms with Crippen molar-refractivity contribution in [2.45, 2.75) is 44.8 Å². The number of methoxy groups -OCH3 is 3. The van der Waals surface area contributed by atoms with Crippen LogP contribution in [0.15, 0.2) is 42.5 Å². The van der Waals surface area contributed by atoms with E-state index in [2.05, 4.69) is 22.3 Å². The zero-order valence-electron chi connectivity index (χ0n) is 17.4. The molecule has 1 aliphatic carbocycles. The number of nitrogens with one attached hydrogen (secondary N) is 1. The molecule has 0 aliphatic heterocycles. The largest absolute Gasteiger partial charge is 0.493 e. The standard InChI is InChI=1S/C23H30N2O3S/c1-26-20-14-13-18(21(27-2)22(20)28-3)16-25(19-11-7-8-12-19)23(29)24-15-17-9-5-4-6-10-17/h4-6,9-10,13-14,19H,7-8,11-12,15-16H2,1-3H3,(H,24,29). The van der Waals surface area contributed by atoms with Crippen LogP contribution in [-0.4, -0.2) is 37.4 Å². The van der Waals surface area contributed by atoms with Crippen molar-refractivity contribution < 1.29 is 14.2 Å². The Bertz CT molecular complexity index is 807. The normalized spacial score (nSPS) is 13.8. The summed E-state index contributed by atoms with van der Waals surface area (Å²) < 4.78 is 16.7. The van der Waals surface area contributed by atoms with E-state index in [0.717, 1.165) is 23.5 Å². The zero-order valence-corrected chi connectivity index (χ0v) is 18.3. The van der Waals surface area contributed by atoms with Gasteiger partial charge in [0.1, 0.15) is 0 Å². The molecule has 5 nitrogen and oxygen atoms in total. The molecule has 0 saturated heterocycles. The third-order valence-electron chi connectivity index (χ3n) is 5.44. The Kier molecular flexibility index (Phi) is 7.58. The molecule has 29 heavy (non-hydrogen) atoms. The average Bonchev–Trinajstić information content (AvgIpc) is 3.30. The third-order valence-corrected chi connectivity index (χ3v) is 5.82. The van der Waals surface area contributed by atoms with Crippen LogP contribution in [0.25, 0.3) is 0 Å². The number of benzene rings is 2. The van der Waals surface area contributed by atoms with Gasteiger partial charge < -0.3 is 24.4 Å². The summed E-state index contributed by atoms with van der Waals surface area (Å²) in [7, 11) is 4.92. The van der Waals surface area contributed by atoms with Gasteiger partial charge in [0.15, 0.2) is 16.6 Å². The Morgan fingerprint density at radius 1 is 0.966 bits per heavy atom. The highest BCUT2D eigenvalue weighted by molar-refractivity contribution is 7.80. The molecule has 0 unspecified atom stereocenters. The molecule has 1 N–H and O–H groups in total. The molecule has 1 fully saturated rings. The first-order chi connectivity index (χ1) is 14.2. The smallest absolute Gasteiger partial charge is 0.203 e. The monoisotopic (exact) mass is 414 g/mol. The van der Waals surface area contributed by atoms with Crippen LogP contribution in [0.1, 0.15) is 36.8 Å². The summed E-state index contributed by atoms with van der Waals surface area (Å²) in [5.74, 6) is 1.97. The van der Waals surface area contributed by atoms with Gasteiger partial charge in [-0.25, -0.2) is 0 Å². The van der Waals surface area contributed by atoms with Crippen LogP contribution in [-0.2, 0) is 13.1 Å². The second kappa shape index (κ2) is 10.3. The predicted octanol–water partition coefficient (Wildman–Crippen LogP) is 4.53. The summed E-state index contributed by atoms with van der Waals surface area (Å²) in [6.45, 7) is 1.38. The number of nitrogens with zero attached hydrogens (tertiary/aromatic N) is 1. The van der Waals surface area contributed by atoms with Gasteiger partial charge in [0, 0.05) is 24.7 Å². The van der Waals surface area contributed by atoms with E-state index in [4.69, 9.17) is 26.4 Å². The van der Waals surface area contributed by atoms with Crippen LogP contribution in [0.5, 0.6) is 17.2 Å². The minimum atomic E-state index is 0.434. The minimum absolute atomic E-state index is 0.434. The van der Waals surface area contributed by atoms with Crippen LogP contribution in [0.4, 0.5) is 0 Å². The van der Waals surface area contributed by atoms with Crippen molar-refractivity contribution in [1.82, 2.24) is 10.2 Å². The Morgan fingerprint density at radius 3 is 2.28 bits per heavy atom. The van der Waals surface area contributed by atoms with Crippen LogP contribution >= 0.6 is 12.2 Å². The van der Waals surface area contributed by atoms with E-state index >= 15 is 0 Å². The summed E-state index contributed by atoms with van der Waals surface area (Å²) in [6, 6.07) is 14.7. The molecule has 156 valence electrons. The first-order valence-corrected chi connectivity index (χ1v) is 10.4. The van der Waals surface area contributed by atoms with Crippen LogP contribution < -0.4 is 19.5 Å². The van der Waals surface area contributed by atoms with Crippen molar-refractivity contribution in [2.75, 3.05) is 21.3 Å². The minimum Gasteiger partial charge on any atom is -0.493 e.